The van der Waals surface area contributed by atoms with Gasteiger partial charge in [-0.25, -0.2) is 0 Å². The Labute approximate surface area is 92.8 Å². The van der Waals surface area contributed by atoms with Crippen molar-refractivity contribution in [2.45, 2.75) is 57.9 Å². The lowest BCUT2D eigenvalue weighted by molar-refractivity contribution is -0.122. The van der Waals surface area contributed by atoms with Crippen LogP contribution in [0, 0.1) is 5.92 Å². The number of carbonyl (C=O) groups excluding carboxylic acids is 1. The molecule has 1 aliphatic carbocycles. The molecule has 3 nitrogen and oxygen atoms in total. The van der Waals surface area contributed by atoms with Crippen molar-refractivity contribution in [1.82, 2.24) is 5.32 Å². The van der Waals surface area contributed by atoms with Crippen LogP contribution in [0.2, 0.25) is 0 Å². The van der Waals surface area contributed by atoms with Crippen molar-refractivity contribution >= 4 is 5.91 Å². The van der Waals surface area contributed by atoms with Crippen LogP contribution in [-0.2, 0) is 4.79 Å². The molecule has 3 heteroatoms. The van der Waals surface area contributed by atoms with Crippen molar-refractivity contribution in [2.75, 3.05) is 6.54 Å². The number of rotatable bonds is 7. The Morgan fingerprint density at radius 2 is 2.20 bits per heavy atom. The number of carbonyl (C=O) groups is 1. The largest absolute Gasteiger partial charge is 0.353 e. The molecule has 1 saturated carbocycles. The number of nitrogens with one attached hydrogen (secondary N) is 1. The van der Waals surface area contributed by atoms with Gasteiger partial charge in [0, 0.05) is 12.5 Å². The second kappa shape index (κ2) is 6.83. The van der Waals surface area contributed by atoms with E-state index in [1.54, 1.807) is 0 Å². The maximum atomic E-state index is 11.5. The summed E-state index contributed by atoms with van der Waals surface area (Å²) in [6, 6.07) is 0.479. The molecule has 15 heavy (non-hydrogen) atoms. The van der Waals surface area contributed by atoms with Crippen molar-refractivity contribution < 1.29 is 4.79 Å². The fraction of sp³-hybridized carbons (Fsp3) is 0.917. The lowest BCUT2D eigenvalue weighted by Gasteiger charge is -2.26. The first-order valence-corrected chi connectivity index (χ1v) is 6.25. The number of amides is 1. The fourth-order valence-electron chi connectivity index (χ4n) is 1.98. The van der Waals surface area contributed by atoms with E-state index in [1.165, 1.54) is 19.3 Å². The Morgan fingerprint density at radius 1 is 1.47 bits per heavy atom. The molecule has 1 aliphatic rings. The molecular weight excluding hydrogens is 188 g/mol. The Kier molecular flexibility index (Phi) is 5.69. The molecule has 0 aromatic rings. The minimum atomic E-state index is 0.232. The van der Waals surface area contributed by atoms with Gasteiger partial charge in [0.1, 0.15) is 0 Å². The average molecular weight is 212 g/mol. The molecule has 0 bridgehead atoms. The molecule has 0 heterocycles. The molecule has 1 amide bonds. The molecule has 0 radical (unpaired) electrons. The van der Waals surface area contributed by atoms with E-state index in [0.717, 1.165) is 25.8 Å². The summed E-state index contributed by atoms with van der Waals surface area (Å²) < 4.78 is 0. The Morgan fingerprint density at radius 3 is 2.67 bits per heavy atom. The fourth-order valence-corrected chi connectivity index (χ4v) is 1.98. The molecule has 0 aromatic carbocycles. The summed E-state index contributed by atoms with van der Waals surface area (Å²) in [6.07, 6.45) is 7.47. The predicted molar refractivity (Wildman–Crippen MR) is 62.5 cm³/mol. The Bertz CT molecular complexity index is 190. The first kappa shape index (κ1) is 12.5. The number of hydrogen-bond acceptors (Lipinski definition) is 2. The molecular formula is C12H24N2O. The summed E-state index contributed by atoms with van der Waals surface area (Å²) >= 11 is 0. The van der Waals surface area contributed by atoms with Gasteiger partial charge in [0.2, 0.25) is 5.91 Å². The zero-order valence-electron chi connectivity index (χ0n) is 9.80. The van der Waals surface area contributed by atoms with Crippen molar-refractivity contribution in [3.05, 3.63) is 0 Å². The smallest absolute Gasteiger partial charge is 0.220 e. The SMILES string of the molecule is CCC(CCN)CCC(=O)NC1CCC1. The molecule has 1 rings (SSSR count). The summed E-state index contributed by atoms with van der Waals surface area (Å²) in [7, 11) is 0. The quantitative estimate of drug-likeness (QED) is 0.676. The summed E-state index contributed by atoms with van der Waals surface area (Å²) in [5, 5.41) is 3.07. The van der Waals surface area contributed by atoms with Crippen molar-refractivity contribution in [3.8, 4) is 0 Å². The minimum absolute atomic E-state index is 0.232. The average Bonchev–Trinajstić information content (AvgIpc) is 2.18. The molecule has 1 fully saturated rings. The van der Waals surface area contributed by atoms with Crippen LogP contribution in [0.15, 0.2) is 0 Å². The molecule has 1 atom stereocenters. The second-order valence-electron chi connectivity index (χ2n) is 4.59. The standard InChI is InChI=1S/C12H24N2O/c1-2-10(8-9-13)6-7-12(15)14-11-4-3-5-11/h10-11H,2-9,13H2,1H3,(H,14,15). The lowest BCUT2D eigenvalue weighted by Crippen LogP contribution is -2.39. The third-order valence-corrected chi connectivity index (χ3v) is 3.40. The number of hydrogen-bond donors (Lipinski definition) is 2. The lowest BCUT2D eigenvalue weighted by atomic mass is 9.92. The van der Waals surface area contributed by atoms with Crippen LogP contribution < -0.4 is 11.1 Å². The van der Waals surface area contributed by atoms with Crippen LogP contribution in [0.3, 0.4) is 0 Å². The van der Waals surface area contributed by atoms with Crippen molar-refractivity contribution in [1.29, 1.82) is 0 Å². The second-order valence-corrected chi connectivity index (χ2v) is 4.59. The van der Waals surface area contributed by atoms with E-state index in [-0.39, 0.29) is 5.91 Å². The molecule has 3 N–H and O–H groups in total. The van der Waals surface area contributed by atoms with Gasteiger partial charge in [-0.05, 0) is 44.6 Å². The summed E-state index contributed by atoms with van der Waals surface area (Å²) in [6.45, 7) is 2.91. The van der Waals surface area contributed by atoms with Crippen LogP contribution in [0.5, 0.6) is 0 Å². The third-order valence-electron chi connectivity index (χ3n) is 3.40. The van der Waals surface area contributed by atoms with Gasteiger partial charge in [0.25, 0.3) is 0 Å². The maximum absolute atomic E-state index is 11.5. The van der Waals surface area contributed by atoms with E-state index in [2.05, 4.69) is 12.2 Å². The molecule has 0 saturated heterocycles. The molecule has 1 unspecified atom stereocenters. The van der Waals surface area contributed by atoms with E-state index < -0.39 is 0 Å². The Hall–Kier alpha value is -0.570. The zero-order valence-corrected chi connectivity index (χ0v) is 9.80. The molecule has 0 spiro atoms. The van der Waals surface area contributed by atoms with Gasteiger partial charge in [0.05, 0.1) is 0 Å². The zero-order chi connectivity index (χ0) is 11.1. The first-order chi connectivity index (χ1) is 7.26. The Balaban J connectivity index is 2.08. The van der Waals surface area contributed by atoms with Gasteiger partial charge in [-0.2, -0.15) is 0 Å². The molecule has 88 valence electrons. The monoisotopic (exact) mass is 212 g/mol. The van der Waals surface area contributed by atoms with E-state index >= 15 is 0 Å². The van der Waals surface area contributed by atoms with E-state index in [4.69, 9.17) is 5.73 Å². The number of nitrogens with two attached hydrogens (primary N) is 1. The topological polar surface area (TPSA) is 55.1 Å². The highest BCUT2D eigenvalue weighted by atomic mass is 16.1. The summed E-state index contributed by atoms with van der Waals surface area (Å²) in [5.41, 5.74) is 5.52. The van der Waals surface area contributed by atoms with Gasteiger partial charge in [0.15, 0.2) is 0 Å². The van der Waals surface area contributed by atoms with Crippen molar-refractivity contribution in [3.63, 3.8) is 0 Å². The maximum Gasteiger partial charge on any atom is 0.220 e. The minimum Gasteiger partial charge on any atom is -0.353 e. The van der Waals surface area contributed by atoms with Gasteiger partial charge < -0.3 is 11.1 Å². The third kappa shape index (κ3) is 4.65. The normalized spacial score (nSPS) is 18.3. The predicted octanol–water partition coefficient (Wildman–Crippen LogP) is 1.81. The first-order valence-electron chi connectivity index (χ1n) is 6.25. The van der Waals surface area contributed by atoms with Gasteiger partial charge in [-0.15, -0.1) is 0 Å². The van der Waals surface area contributed by atoms with Crippen molar-refractivity contribution in [2.24, 2.45) is 11.7 Å². The van der Waals surface area contributed by atoms with Crippen LogP contribution in [-0.4, -0.2) is 18.5 Å². The summed E-state index contributed by atoms with van der Waals surface area (Å²) in [5.74, 6) is 0.859. The summed E-state index contributed by atoms with van der Waals surface area (Å²) in [4.78, 5) is 11.5. The van der Waals surface area contributed by atoms with Gasteiger partial charge >= 0.3 is 0 Å². The van der Waals surface area contributed by atoms with Crippen LogP contribution in [0.25, 0.3) is 0 Å². The van der Waals surface area contributed by atoms with Gasteiger partial charge in [-0.1, -0.05) is 13.3 Å². The highest BCUT2D eigenvalue weighted by Gasteiger charge is 2.19. The van der Waals surface area contributed by atoms with Crippen LogP contribution >= 0.6 is 0 Å². The van der Waals surface area contributed by atoms with E-state index in [0.29, 0.717) is 18.4 Å². The van der Waals surface area contributed by atoms with E-state index in [9.17, 15) is 4.79 Å². The van der Waals surface area contributed by atoms with Crippen LogP contribution in [0.1, 0.15) is 51.9 Å². The highest BCUT2D eigenvalue weighted by molar-refractivity contribution is 5.76. The van der Waals surface area contributed by atoms with Crippen LogP contribution in [0.4, 0.5) is 0 Å². The van der Waals surface area contributed by atoms with Gasteiger partial charge in [-0.3, -0.25) is 4.79 Å². The molecule has 0 aliphatic heterocycles. The molecule has 0 aromatic heterocycles. The highest BCUT2D eigenvalue weighted by Crippen LogP contribution is 2.19. The van der Waals surface area contributed by atoms with E-state index in [1.807, 2.05) is 0 Å².